The first-order valence-corrected chi connectivity index (χ1v) is 12.1. The van der Waals surface area contributed by atoms with Crippen LogP contribution >= 0.6 is 0 Å². The Hall–Kier alpha value is -3.71. The van der Waals surface area contributed by atoms with Crippen molar-refractivity contribution in [2.24, 2.45) is 0 Å². The second-order valence-corrected chi connectivity index (χ2v) is 10.1. The molecule has 4 heterocycles. The number of benzene rings is 1. The van der Waals surface area contributed by atoms with E-state index in [1.54, 1.807) is 0 Å². The summed E-state index contributed by atoms with van der Waals surface area (Å²) in [6.45, 7) is 15.9. The van der Waals surface area contributed by atoms with Gasteiger partial charge in [-0.2, -0.15) is 0 Å². The number of fused-ring (bicyclic) bond motifs is 1. The molecule has 35 heavy (non-hydrogen) atoms. The molecule has 1 aliphatic rings. The molecular formula is C28H33N7. The molecule has 0 spiro atoms. The maximum absolute atomic E-state index is 5.10. The highest BCUT2D eigenvalue weighted by atomic mass is 15.4. The number of piperazine rings is 1. The Morgan fingerprint density at radius 1 is 1.00 bits per heavy atom. The Balaban J connectivity index is 1.46. The van der Waals surface area contributed by atoms with E-state index in [1.807, 2.05) is 41.2 Å². The summed E-state index contributed by atoms with van der Waals surface area (Å²) in [5.74, 6) is 1.66. The highest BCUT2D eigenvalue weighted by Gasteiger charge is 2.30. The summed E-state index contributed by atoms with van der Waals surface area (Å²) in [5.41, 5.74) is 5.08. The third kappa shape index (κ3) is 4.77. The minimum absolute atomic E-state index is 0.103. The van der Waals surface area contributed by atoms with Gasteiger partial charge in [0.05, 0.1) is 5.69 Å². The molecule has 4 aromatic rings. The average Bonchev–Trinajstić information content (AvgIpc) is 3.32. The molecule has 0 aliphatic carbocycles. The molecule has 3 aromatic heterocycles. The normalized spacial score (nSPS) is 16.0. The van der Waals surface area contributed by atoms with E-state index in [4.69, 9.17) is 4.98 Å². The van der Waals surface area contributed by atoms with Crippen LogP contribution in [0, 0.1) is 0 Å². The minimum Gasteiger partial charge on any atom is -0.364 e. The highest BCUT2D eigenvalue weighted by molar-refractivity contribution is 5.69. The smallest absolute Gasteiger partial charge is 0.216 e. The van der Waals surface area contributed by atoms with Crippen molar-refractivity contribution in [2.45, 2.75) is 39.3 Å². The predicted octanol–water partition coefficient (Wildman–Crippen LogP) is 5.40. The second kappa shape index (κ2) is 9.15. The third-order valence-electron chi connectivity index (χ3n) is 6.63. The lowest BCUT2D eigenvalue weighted by molar-refractivity contribution is 0.141. The fourth-order valence-electron chi connectivity index (χ4n) is 4.54. The minimum atomic E-state index is 0.103. The van der Waals surface area contributed by atoms with Gasteiger partial charge in [-0.15, -0.1) is 0 Å². The van der Waals surface area contributed by atoms with E-state index in [1.165, 1.54) is 5.56 Å². The number of anilines is 2. The fourth-order valence-corrected chi connectivity index (χ4v) is 4.54. The molecule has 0 radical (unpaired) electrons. The van der Waals surface area contributed by atoms with Crippen LogP contribution in [0.1, 0.15) is 39.3 Å². The molecule has 5 rings (SSSR count). The Morgan fingerprint density at radius 3 is 2.54 bits per heavy atom. The van der Waals surface area contributed by atoms with E-state index in [-0.39, 0.29) is 11.6 Å². The number of nitrogens with zero attached hydrogens (tertiary/aromatic N) is 6. The van der Waals surface area contributed by atoms with Crippen molar-refractivity contribution in [3.63, 3.8) is 0 Å². The summed E-state index contributed by atoms with van der Waals surface area (Å²) in [4.78, 5) is 18.9. The second-order valence-electron chi connectivity index (χ2n) is 10.1. The number of hydrogen-bond donors (Lipinski definition) is 1. The van der Waals surface area contributed by atoms with Gasteiger partial charge in [0, 0.05) is 67.1 Å². The van der Waals surface area contributed by atoms with E-state index in [2.05, 4.69) is 89.7 Å². The van der Waals surface area contributed by atoms with Crippen LogP contribution in [-0.2, 0) is 0 Å². The lowest BCUT2D eigenvalue weighted by Gasteiger charge is -2.43. The molecule has 7 heteroatoms. The Morgan fingerprint density at radius 2 is 1.80 bits per heavy atom. The molecule has 1 aromatic carbocycles. The van der Waals surface area contributed by atoms with Gasteiger partial charge in [-0.25, -0.2) is 15.0 Å². The fraction of sp³-hybridized carbons (Fsp3) is 0.321. The van der Waals surface area contributed by atoms with Gasteiger partial charge in [-0.3, -0.25) is 9.30 Å². The molecule has 0 amide bonds. The number of aromatic nitrogens is 4. The first kappa shape index (κ1) is 23.1. The number of nitrogens with one attached hydrogen (secondary N) is 1. The lowest BCUT2D eigenvalue weighted by Crippen LogP contribution is -2.52. The molecule has 7 nitrogen and oxygen atoms in total. The van der Waals surface area contributed by atoms with E-state index in [0.717, 1.165) is 54.0 Å². The third-order valence-corrected chi connectivity index (χ3v) is 6.63. The van der Waals surface area contributed by atoms with Crippen molar-refractivity contribution >= 4 is 17.4 Å². The molecule has 0 bridgehead atoms. The van der Waals surface area contributed by atoms with Crippen LogP contribution < -0.4 is 10.2 Å². The molecular weight excluding hydrogens is 434 g/mol. The van der Waals surface area contributed by atoms with Crippen molar-refractivity contribution in [1.29, 1.82) is 0 Å². The zero-order chi connectivity index (χ0) is 24.6. The van der Waals surface area contributed by atoms with Gasteiger partial charge in [0.1, 0.15) is 11.5 Å². The van der Waals surface area contributed by atoms with E-state index in [0.29, 0.717) is 0 Å². The SMILES string of the molecule is C=C1CN(C(C)(C)C)CCN1c1nc(-c2ccnc(N[C@@H](C)c3ccccc3)c2)cc2nccn12. The first-order chi connectivity index (χ1) is 16.8. The molecule has 1 fully saturated rings. The summed E-state index contributed by atoms with van der Waals surface area (Å²) >= 11 is 0. The van der Waals surface area contributed by atoms with Gasteiger partial charge in [-0.1, -0.05) is 36.9 Å². The largest absolute Gasteiger partial charge is 0.364 e. The van der Waals surface area contributed by atoms with Crippen LogP contribution in [0.25, 0.3) is 16.9 Å². The summed E-state index contributed by atoms with van der Waals surface area (Å²) in [6.07, 6.45) is 5.61. The van der Waals surface area contributed by atoms with Gasteiger partial charge in [-0.05, 0) is 45.4 Å². The van der Waals surface area contributed by atoms with Gasteiger partial charge >= 0.3 is 0 Å². The van der Waals surface area contributed by atoms with Crippen LogP contribution in [0.4, 0.5) is 11.8 Å². The van der Waals surface area contributed by atoms with Gasteiger partial charge < -0.3 is 10.2 Å². The Kier molecular flexibility index (Phi) is 6.03. The molecule has 1 atom stereocenters. The number of imidazole rings is 1. The monoisotopic (exact) mass is 467 g/mol. The van der Waals surface area contributed by atoms with Crippen LogP contribution in [0.2, 0.25) is 0 Å². The molecule has 0 unspecified atom stereocenters. The summed E-state index contributed by atoms with van der Waals surface area (Å²) in [7, 11) is 0. The molecule has 1 N–H and O–H groups in total. The maximum Gasteiger partial charge on any atom is 0.216 e. The zero-order valence-electron chi connectivity index (χ0n) is 20.9. The lowest BCUT2D eigenvalue weighted by atomic mass is 10.0. The number of rotatable bonds is 5. The quantitative estimate of drug-likeness (QED) is 0.424. The number of hydrogen-bond acceptors (Lipinski definition) is 6. The van der Waals surface area contributed by atoms with E-state index >= 15 is 0 Å². The zero-order valence-corrected chi connectivity index (χ0v) is 20.9. The van der Waals surface area contributed by atoms with Gasteiger partial charge in [0.25, 0.3) is 0 Å². The van der Waals surface area contributed by atoms with Crippen LogP contribution in [0.15, 0.2) is 79.4 Å². The molecule has 1 saturated heterocycles. The van der Waals surface area contributed by atoms with Crippen LogP contribution in [0.5, 0.6) is 0 Å². The van der Waals surface area contributed by atoms with Crippen LogP contribution in [0.3, 0.4) is 0 Å². The molecule has 1 aliphatic heterocycles. The first-order valence-electron chi connectivity index (χ1n) is 12.1. The highest BCUT2D eigenvalue weighted by Crippen LogP contribution is 2.29. The average molecular weight is 468 g/mol. The van der Waals surface area contributed by atoms with Crippen molar-refractivity contribution in [2.75, 3.05) is 29.9 Å². The maximum atomic E-state index is 5.10. The van der Waals surface area contributed by atoms with Crippen molar-refractivity contribution in [1.82, 2.24) is 24.3 Å². The van der Waals surface area contributed by atoms with Gasteiger partial charge in [0.15, 0.2) is 0 Å². The van der Waals surface area contributed by atoms with E-state index < -0.39 is 0 Å². The van der Waals surface area contributed by atoms with Crippen molar-refractivity contribution < 1.29 is 0 Å². The Bertz CT molecular complexity index is 1340. The Labute approximate surface area is 207 Å². The summed E-state index contributed by atoms with van der Waals surface area (Å²) in [6, 6.07) is 16.6. The molecule has 180 valence electrons. The number of pyridine rings is 1. The molecule has 0 saturated carbocycles. The van der Waals surface area contributed by atoms with Crippen molar-refractivity contribution in [3.05, 3.63) is 85.0 Å². The predicted molar refractivity (Wildman–Crippen MR) is 143 cm³/mol. The van der Waals surface area contributed by atoms with E-state index in [9.17, 15) is 0 Å². The van der Waals surface area contributed by atoms with Crippen LogP contribution in [-0.4, -0.2) is 49.4 Å². The van der Waals surface area contributed by atoms with Crippen molar-refractivity contribution in [3.8, 4) is 11.3 Å². The summed E-state index contributed by atoms with van der Waals surface area (Å²) in [5, 5.41) is 3.51. The standard InChI is InChI=1S/C28H33N7/c1-20-19-33(28(3,4)5)15-16-34(20)27-32-24(18-26-30-13-14-35(26)27)23-11-12-29-25(17-23)31-21(2)22-9-7-6-8-10-22/h6-14,17-18,21H,1,15-16,19H2,2-5H3,(H,29,31)/t21-/m0/s1. The topological polar surface area (TPSA) is 61.6 Å². The van der Waals surface area contributed by atoms with Gasteiger partial charge in [0.2, 0.25) is 5.95 Å². The summed E-state index contributed by atoms with van der Waals surface area (Å²) < 4.78 is 2.04.